The summed E-state index contributed by atoms with van der Waals surface area (Å²) in [5.74, 6) is 0. The van der Waals surface area contributed by atoms with Gasteiger partial charge in [-0.3, -0.25) is 4.40 Å². The normalized spacial score (nSPS) is 12.6. The van der Waals surface area contributed by atoms with Crippen LogP contribution < -0.4 is 0 Å². The first-order valence-corrected chi connectivity index (χ1v) is 7.50. The summed E-state index contributed by atoms with van der Waals surface area (Å²) in [4.78, 5) is 7.17. The average molecular weight is 388 g/mol. The summed E-state index contributed by atoms with van der Waals surface area (Å²) in [6, 6.07) is 4.96. The fourth-order valence-corrected chi connectivity index (χ4v) is 3.02. The Balaban J connectivity index is 2.09. The molecule has 0 fully saturated rings. The summed E-state index contributed by atoms with van der Waals surface area (Å²) in [6.07, 6.45) is -4.94. The molecule has 3 aromatic heterocycles. The number of benzene rings is 1. The highest BCUT2D eigenvalue weighted by Crippen LogP contribution is 2.37. The number of imidazole rings is 1. The highest BCUT2D eigenvalue weighted by Gasteiger charge is 2.41. The van der Waals surface area contributed by atoms with Crippen molar-refractivity contribution in [3.05, 3.63) is 53.3 Å². The molecule has 0 spiro atoms. The summed E-state index contributed by atoms with van der Waals surface area (Å²) in [5.41, 5.74) is -2.89. The van der Waals surface area contributed by atoms with Gasteiger partial charge in [0.15, 0.2) is 11.3 Å². The molecule has 134 valence electrons. The maximum atomic E-state index is 13.3. The molecular weight excluding hydrogens is 381 g/mol. The molecular formula is C15H7ClF5N5. The van der Waals surface area contributed by atoms with Crippen LogP contribution in [0.25, 0.3) is 22.2 Å². The second kappa shape index (κ2) is 5.63. The lowest BCUT2D eigenvalue weighted by molar-refractivity contribution is -0.142. The Morgan fingerprint density at radius 2 is 1.88 bits per heavy atom. The van der Waals surface area contributed by atoms with E-state index in [4.69, 9.17) is 11.6 Å². The van der Waals surface area contributed by atoms with E-state index in [9.17, 15) is 22.0 Å². The molecule has 5 nitrogen and oxygen atoms in total. The number of hydrogen-bond acceptors (Lipinski definition) is 3. The summed E-state index contributed by atoms with van der Waals surface area (Å²) in [5, 5.41) is 5.00. The topological polar surface area (TPSA) is 48.0 Å². The van der Waals surface area contributed by atoms with Gasteiger partial charge in [-0.25, -0.2) is 23.4 Å². The van der Waals surface area contributed by atoms with Crippen LogP contribution in [0.15, 0.2) is 36.9 Å². The van der Waals surface area contributed by atoms with Crippen LogP contribution in [0.4, 0.5) is 22.0 Å². The van der Waals surface area contributed by atoms with Gasteiger partial charge in [0.2, 0.25) is 0 Å². The summed E-state index contributed by atoms with van der Waals surface area (Å²) in [6.45, 7) is 0. The van der Waals surface area contributed by atoms with E-state index in [0.29, 0.717) is 20.3 Å². The molecule has 26 heavy (non-hydrogen) atoms. The third kappa shape index (κ3) is 2.40. The van der Waals surface area contributed by atoms with Gasteiger partial charge >= 0.3 is 6.18 Å². The Labute approximate surface area is 146 Å². The van der Waals surface area contributed by atoms with Crippen LogP contribution >= 0.6 is 11.6 Å². The maximum absolute atomic E-state index is 13.3. The zero-order valence-electron chi connectivity index (χ0n) is 12.5. The first kappa shape index (κ1) is 16.7. The number of hydrogen-bond donors (Lipinski definition) is 0. The second-order valence-electron chi connectivity index (χ2n) is 5.35. The van der Waals surface area contributed by atoms with Crippen molar-refractivity contribution < 1.29 is 22.0 Å². The molecule has 0 bridgehead atoms. The van der Waals surface area contributed by atoms with Crippen molar-refractivity contribution in [1.82, 2.24) is 24.1 Å². The van der Waals surface area contributed by atoms with E-state index in [1.807, 2.05) is 0 Å². The van der Waals surface area contributed by atoms with Crippen molar-refractivity contribution in [3.8, 4) is 5.69 Å². The number of halogens is 6. The minimum Gasteiger partial charge on any atom is -0.279 e. The number of rotatable bonds is 2. The Kier molecular flexibility index (Phi) is 3.62. The van der Waals surface area contributed by atoms with Crippen molar-refractivity contribution in [1.29, 1.82) is 0 Å². The lowest BCUT2D eigenvalue weighted by Crippen LogP contribution is -2.10. The number of fused-ring (bicyclic) bond motifs is 2. The van der Waals surface area contributed by atoms with Gasteiger partial charge in [-0.15, -0.1) is 0 Å². The van der Waals surface area contributed by atoms with Crippen molar-refractivity contribution in [2.24, 2.45) is 0 Å². The van der Waals surface area contributed by atoms with Gasteiger partial charge in [-0.2, -0.15) is 18.3 Å². The van der Waals surface area contributed by atoms with E-state index in [1.165, 1.54) is 17.1 Å². The molecule has 4 aromatic rings. The number of nitrogens with zero attached hydrogens (tertiary/aromatic N) is 5. The molecule has 3 heterocycles. The lowest BCUT2D eigenvalue weighted by atomic mass is 10.2. The number of aromatic nitrogens is 5. The van der Waals surface area contributed by atoms with Gasteiger partial charge in [0.1, 0.15) is 17.7 Å². The van der Waals surface area contributed by atoms with Gasteiger partial charge in [-0.1, -0.05) is 23.7 Å². The summed E-state index contributed by atoms with van der Waals surface area (Å²) >= 11 is 6.16. The van der Waals surface area contributed by atoms with Gasteiger partial charge in [-0.05, 0) is 6.07 Å². The van der Waals surface area contributed by atoms with Crippen molar-refractivity contribution in [2.45, 2.75) is 12.6 Å². The molecule has 0 aliphatic heterocycles. The van der Waals surface area contributed by atoms with Crippen LogP contribution in [0.3, 0.4) is 0 Å². The van der Waals surface area contributed by atoms with E-state index < -0.39 is 24.0 Å². The number of alkyl halides is 5. The SMILES string of the molecule is FC(F)c1c(C(F)(F)F)nc2c(-n3ncc4cccc(Cl)c43)cncn12. The molecule has 0 aliphatic rings. The molecule has 0 unspecified atom stereocenters. The van der Waals surface area contributed by atoms with E-state index in [1.54, 1.807) is 18.2 Å². The zero-order valence-corrected chi connectivity index (χ0v) is 13.3. The molecule has 11 heteroatoms. The largest absolute Gasteiger partial charge is 0.435 e. The average Bonchev–Trinajstić information content (AvgIpc) is 3.16. The van der Waals surface area contributed by atoms with Crippen LogP contribution in [0, 0.1) is 0 Å². The van der Waals surface area contributed by atoms with Crippen LogP contribution in [0.5, 0.6) is 0 Å². The molecule has 0 saturated carbocycles. The lowest BCUT2D eigenvalue weighted by Gasteiger charge is -2.07. The van der Waals surface area contributed by atoms with Crippen LogP contribution in [0.1, 0.15) is 17.8 Å². The Hall–Kier alpha value is -2.75. The quantitative estimate of drug-likeness (QED) is 0.469. The van der Waals surface area contributed by atoms with Crippen molar-refractivity contribution >= 4 is 28.2 Å². The van der Waals surface area contributed by atoms with Gasteiger partial charge in [0.05, 0.1) is 22.9 Å². The standard InChI is InChI=1S/C15H7ClF5N5/c16-8-3-1-2-7-4-23-26(10(7)8)9-5-22-6-25-11(13(17)18)12(15(19,20)21)24-14(9)25/h1-6,13H. The van der Waals surface area contributed by atoms with E-state index >= 15 is 0 Å². The van der Waals surface area contributed by atoms with Gasteiger partial charge < -0.3 is 0 Å². The van der Waals surface area contributed by atoms with Crippen molar-refractivity contribution in [2.75, 3.05) is 0 Å². The van der Waals surface area contributed by atoms with Crippen LogP contribution in [-0.4, -0.2) is 24.1 Å². The monoisotopic (exact) mass is 387 g/mol. The van der Waals surface area contributed by atoms with Gasteiger partial charge in [0.25, 0.3) is 6.43 Å². The Morgan fingerprint density at radius 3 is 2.58 bits per heavy atom. The number of para-hydroxylation sites is 1. The van der Waals surface area contributed by atoms with E-state index in [2.05, 4.69) is 15.1 Å². The molecule has 0 amide bonds. The highest BCUT2D eigenvalue weighted by molar-refractivity contribution is 6.35. The minimum atomic E-state index is -5.04. The summed E-state index contributed by atoms with van der Waals surface area (Å²) in [7, 11) is 0. The minimum absolute atomic E-state index is 0.00648. The smallest absolute Gasteiger partial charge is 0.279 e. The second-order valence-corrected chi connectivity index (χ2v) is 5.76. The maximum Gasteiger partial charge on any atom is 0.435 e. The predicted molar refractivity (Wildman–Crippen MR) is 82.6 cm³/mol. The fraction of sp³-hybridized carbons (Fsp3) is 0.133. The van der Waals surface area contributed by atoms with E-state index in [0.717, 1.165) is 6.33 Å². The molecule has 4 rings (SSSR count). The van der Waals surface area contributed by atoms with Crippen molar-refractivity contribution in [3.63, 3.8) is 0 Å². The van der Waals surface area contributed by atoms with Crippen LogP contribution in [0.2, 0.25) is 5.02 Å². The zero-order chi connectivity index (χ0) is 18.6. The molecule has 0 radical (unpaired) electrons. The third-order valence-electron chi connectivity index (χ3n) is 3.80. The van der Waals surface area contributed by atoms with Crippen LogP contribution in [-0.2, 0) is 6.18 Å². The predicted octanol–water partition coefficient (Wildman–Crippen LogP) is 4.68. The molecule has 0 aliphatic carbocycles. The molecule has 0 atom stereocenters. The third-order valence-corrected chi connectivity index (χ3v) is 4.11. The van der Waals surface area contributed by atoms with Gasteiger partial charge in [0, 0.05) is 5.39 Å². The Morgan fingerprint density at radius 1 is 1.12 bits per heavy atom. The van der Waals surface area contributed by atoms with E-state index in [-0.39, 0.29) is 11.3 Å². The summed E-state index contributed by atoms with van der Waals surface area (Å²) < 4.78 is 67.9. The highest BCUT2D eigenvalue weighted by atomic mass is 35.5. The molecule has 0 saturated heterocycles. The molecule has 1 aromatic carbocycles. The fourth-order valence-electron chi connectivity index (χ4n) is 2.76. The first-order valence-electron chi connectivity index (χ1n) is 7.13. The molecule has 0 N–H and O–H groups in total. The first-order chi connectivity index (χ1) is 12.3. The Bertz CT molecular complexity index is 1130.